The van der Waals surface area contributed by atoms with Gasteiger partial charge in [-0.25, -0.2) is 4.98 Å². The molecule has 190 valence electrons. The maximum absolute atomic E-state index is 12.7. The molecule has 2 aliphatic carbocycles. The van der Waals surface area contributed by atoms with Crippen molar-refractivity contribution in [1.82, 2.24) is 25.5 Å². The molecule has 2 heterocycles. The van der Waals surface area contributed by atoms with Crippen molar-refractivity contribution in [2.75, 3.05) is 5.75 Å². The first-order valence-corrected chi connectivity index (χ1v) is 13.9. The third-order valence-electron chi connectivity index (χ3n) is 7.64. The topological polar surface area (TPSA) is 131 Å². The molecular formula is C27H27N5O4S. The average molecular weight is 518 g/mol. The van der Waals surface area contributed by atoms with Gasteiger partial charge in [0.05, 0.1) is 21.7 Å². The number of amides is 1. The first-order chi connectivity index (χ1) is 18.0. The van der Waals surface area contributed by atoms with Crippen LogP contribution in [0.1, 0.15) is 50.3 Å². The minimum absolute atomic E-state index is 0.106. The van der Waals surface area contributed by atoms with E-state index in [9.17, 15) is 13.8 Å². The second-order valence-electron chi connectivity index (χ2n) is 9.96. The van der Waals surface area contributed by atoms with E-state index in [-0.39, 0.29) is 46.2 Å². The Morgan fingerprint density at radius 3 is 2.65 bits per heavy atom. The lowest BCUT2D eigenvalue weighted by molar-refractivity contribution is -0.121. The summed E-state index contributed by atoms with van der Waals surface area (Å²) in [5.74, 6) is 1.47. The van der Waals surface area contributed by atoms with Crippen LogP contribution >= 0.6 is 0 Å². The smallest absolute Gasteiger partial charge is 0.259 e. The number of aromatic amines is 1. The van der Waals surface area contributed by atoms with Crippen molar-refractivity contribution in [1.29, 1.82) is 0 Å². The number of aromatic nitrogens is 4. The summed E-state index contributed by atoms with van der Waals surface area (Å²) in [5, 5.41) is 12.2. The van der Waals surface area contributed by atoms with Crippen molar-refractivity contribution in [2.45, 2.75) is 55.6 Å². The molecule has 2 saturated carbocycles. The first kappa shape index (κ1) is 23.7. The minimum Gasteiger partial charge on any atom is -0.420 e. The fourth-order valence-electron chi connectivity index (χ4n) is 5.36. The molecule has 2 N–H and O–H groups in total. The van der Waals surface area contributed by atoms with E-state index >= 15 is 0 Å². The maximum atomic E-state index is 12.7. The van der Waals surface area contributed by atoms with Gasteiger partial charge in [0.25, 0.3) is 5.56 Å². The predicted octanol–water partition coefficient (Wildman–Crippen LogP) is 3.70. The molecule has 10 heteroatoms. The lowest BCUT2D eigenvalue weighted by atomic mass is 9.79. The lowest BCUT2D eigenvalue weighted by Gasteiger charge is -2.27. The van der Waals surface area contributed by atoms with E-state index in [1.54, 1.807) is 24.3 Å². The molecule has 2 aliphatic rings. The van der Waals surface area contributed by atoms with Gasteiger partial charge >= 0.3 is 0 Å². The van der Waals surface area contributed by atoms with Crippen molar-refractivity contribution in [3.8, 4) is 11.5 Å². The third-order valence-corrected chi connectivity index (χ3v) is 8.84. The molecular weight excluding hydrogens is 490 g/mol. The number of hydrogen-bond acceptors (Lipinski definition) is 7. The number of carbonyl (C=O) groups excluding carboxylic acids is 1. The van der Waals surface area contributed by atoms with Gasteiger partial charge in [-0.15, -0.1) is 10.2 Å². The van der Waals surface area contributed by atoms with E-state index in [2.05, 4.69) is 25.5 Å². The summed E-state index contributed by atoms with van der Waals surface area (Å²) in [6.45, 7) is 0. The van der Waals surface area contributed by atoms with Crippen LogP contribution < -0.4 is 10.9 Å². The summed E-state index contributed by atoms with van der Waals surface area (Å²) in [6.07, 6.45) is 4.98. The van der Waals surface area contributed by atoms with Gasteiger partial charge in [-0.1, -0.05) is 30.3 Å². The molecule has 37 heavy (non-hydrogen) atoms. The molecule has 2 fully saturated rings. The highest BCUT2D eigenvalue weighted by atomic mass is 32.2. The Morgan fingerprint density at radius 1 is 1.08 bits per heavy atom. The van der Waals surface area contributed by atoms with Gasteiger partial charge in [0.15, 0.2) is 5.16 Å². The number of nitrogens with zero attached hydrogens (tertiary/aromatic N) is 3. The van der Waals surface area contributed by atoms with E-state index in [0.717, 1.165) is 37.7 Å². The molecule has 1 spiro atoms. The van der Waals surface area contributed by atoms with Crippen molar-refractivity contribution in [3.63, 3.8) is 0 Å². The fraction of sp³-hybridized carbons (Fsp3) is 0.370. The summed E-state index contributed by atoms with van der Waals surface area (Å²) in [5.41, 5.74) is 1.22. The minimum atomic E-state index is -1.57. The highest BCUT2D eigenvalue weighted by molar-refractivity contribution is 7.84. The molecule has 0 bridgehead atoms. The molecule has 2 atom stereocenters. The average Bonchev–Trinajstić information content (AvgIpc) is 3.33. The van der Waals surface area contributed by atoms with Crippen LogP contribution in [0.25, 0.3) is 22.4 Å². The van der Waals surface area contributed by atoms with Gasteiger partial charge in [-0.3, -0.25) is 18.8 Å². The molecule has 2 aromatic heterocycles. The van der Waals surface area contributed by atoms with Crippen molar-refractivity contribution in [2.24, 2.45) is 5.41 Å². The summed E-state index contributed by atoms with van der Waals surface area (Å²) in [6, 6.07) is 16.8. The SMILES string of the molecule is O=C(CCS(=O)c1nc2ccccc2c(=O)[nH]1)N[C@H]1CC12CCC(c1nnc(-c3ccccc3)o1)CC2. The van der Waals surface area contributed by atoms with E-state index < -0.39 is 10.8 Å². The first-order valence-electron chi connectivity index (χ1n) is 12.6. The molecule has 2 aromatic carbocycles. The van der Waals surface area contributed by atoms with E-state index in [0.29, 0.717) is 22.7 Å². The molecule has 6 rings (SSSR count). The van der Waals surface area contributed by atoms with E-state index in [1.165, 1.54) is 0 Å². The van der Waals surface area contributed by atoms with Crippen LogP contribution in [0.3, 0.4) is 0 Å². The Kier molecular flexibility index (Phi) is 6.19. The summed E-state index contributed by atoms with van der Waals surface area (Å²) >= 11 is 0. The largest absolute Gasteiger partial charge is 0.420 e. The zero-order valence-electron chi connectivity index (χ0n) is 20.2. The Hall–Kier alpha value is -3.66. The maximum Gasteiger partial charge on any atom is 0.259 e. The lowest BCUT2D eigenvalue weighted by Crippen LogP contribution is -2.32. The van der Waals surface area contributed by atoms with Crippen LogP contribution in [-0.4, -0.2) is 42.1 Å². The van der Waals surface area contributed by atoms with E-state index in [1.807, 2.05) is 30.3 Å². The summed E-state index contributed by atoms with van der Waals surface area (Å²) in [7, 11) is -1.57. The molecule has 4 aromatic rings. The number of para-hydroxylation sites is 1. The van der Waals surface area contributed by atoms with Crippen molar-refractivity contribution < 1.29 is 13.4 Å². The molecule has 9 nitrogen and oxygen atoms in total. The normalized spacial score (nSPS) is 23.7. The quantitative estimate of drug-likeness (QED) is 0.357. The second-order valence-corrected chi connectivity index (χ2v) is 11.4. The molecule has 1 amide bonds. The highest BCUT2D eigenvalue weighted by Gasteiger charge is 2.56. The zero-order valence-corrected chi connectivity index (χ0v) is 21.0. The Morgan fingerprint density at radius 2 is 1.84 bits per heavy atom. The Labute approximate surface area is 215 Å². The Balaban J connectivity index is 0.990. The molecule has 0 radical (unpaired) electrons. The van der Waals surface area contributed by atoms with Crippen LogP contribution in [0.5, 0.6) is 0 Å². The van der Waals surface area contributed by atoms with Gasteiger partial charge in [0.2, 0.25) is 17.7 Å². The second kappa shape index (κ2) is 9.66. The summed E-state index contributed by atoms with van der Waals surface area (Å²) < 4.78 is 18.6. The number of carbonyl (C=O) groups is 1. The number of benzene rings is 2. The monoisotopic (exact) mass is 517 g/mol. The van der Waals surface area contributed by atoms with E-state index in [4.69, 9.17) is 4.42 Å². The highest BCUT2D eigenvalue weighted by Crippen LogP contribution is 2.58. The number of rotatable bonds is 7. The van der Waals surface area contributed by atoms with Gasteiger partial charge in [-0.2, -0.15) is 0 Å². The predicted molar refractivity (Wildman–Crippen MR) is 138 cm³/mol. The van der Waals surface area contributed by atoms with Gasteiger partial charge < -0.3 is 9.73 Å². The summed E-state index contributed by atoms with van der Waals surface area (Å²) in [4.78, 5) is 31.7. The van der Waals surface area contributed by atoms with Gasteiger partial charge in [0, 0.05) is 29.7 Å². The number of hydrogen-bond donors (Lipinski definition) is 2. The molecule has 0 saturated heterocycles. The third kappa shape index (κ3) is 4.85. The van der Waals surface area contributed by atoms with Gasteiger partial charge in [0.1, 0.15) is 0 Å². The number of H-pyrrole nitrogens is 1. The van der Waals surface area contributed by atoms with Crippen molar-refractivity contribution >= 4 is 27.6 Å². The molecule has 1 unspecified atom stereocenters. The molecule has 0 aliphatic heterocycles. The van der Waals surface area contributed by atoms with Crippen LogP contribution in [0, 0.1) is 5.41 Å². The number of nitrogens with one attached hydrogen (secondary N) is 2. The van der Waals surface area contributed by atoms with Gasteiger partial charge in [-0.05, 0) is 61.8 Å². The van der Waals surface area contributed by atoms with Crippen molar-refractivity contribution in [3.05, 3.63) is 70.8 Å². The van der Waals surface area contributed by atoms with Crippen LogP contribution in [0.4, 0.5) is 0 Å². The van der Waals surface area contributed by atoms with Crippen LogP contribution in [0.15, 0.2) is 69.0 Å². The Bertz CT molecular complexity index is 1520. The standard InChI is InChI=1S/C27H27N5O4S/c33-22(12-15-37(35)26-28-20-9-5-4-8-19(20)23(34)30-26)29-21-16-27(21)13-10-18(11-14-27)25-32-31-24(36-25)17-6-2-1-3-7-17/h1-9,18,21H,10-16H2,(H,29,33)(H,28,30,34)/t18?,21-,27?,37?/m0/s1. The van der Waals surface area contributed by atoms with Crippen LogP contribution in [-0.2, 0) is 15.6 Å². The van der Waals surface area contributed by atoms with Crippen LogP contribution in [0.2, 0.25) is 0 Å². The zero-order chi connectivity index (χ0) is 25.4. The number of fused-ring (bicyclic) bond motifs is 1. The fourth-order valence-corrected chi connectivity index (χ4v) is 6.33.